The van der Waals surface area contributed by atoms with Crippen LogP contribution < -0.4 is 10.2 Å². The molecule has 0 bridgehead atoms. The maximum Gasteiger partial charge on any atom is 0.225 e. The molecule has 1 aromatic carbocycles. The van der Waals surface area contributed by atoms with E-state index in [4.69, 9.17) is 4.98 Å². The molecule has 0 saturated heterocycles. The van der Waals surface area contributed by atoms with Crippen LogP contribution in [0.2, 0.25) is 0 Å². The van der Waals surface area contributed by atoms with Gasteiger partial charge in [-0.3, -0.25) is 0 Å². The zero-order valence-electron chi connectivity index (χ0n) is 14.8. The minimum Gasteiger partial charge on any atom is -0.352 e. The highest BCUT2D eigenvalue weighted by atomic mass is 79.9. The molecule has 0 fully saturated rings. The Morgan fingerprint density at radius 2 is 1.88 bits per heavy atom. The number of rotatable bonds is 4. The van der Waals surface area contributed by atoms with Gasteiger partial charge in [0.15, 0.2) is 0 Å². The number of fused-ring (bicyclic) bond motifs is 1. The van der Waals surface area contributed by atoms with Crippen molar-refractivity contribution in [2.75, 3.05) is 16.8 Å². The lowest BCUT2D eigenvalue weighted by Gasteiger charge is -2.30. The Morgan fingerprint density at radius 3 is 2.58 bits per heavy atom. The molecule has 0 radical (unpaired) electrons. The van der Waals surface area contributed by atoms with Crippen molar-refractivity contribution in [3.63, 3.8) is 0 Å². The Hall–Kier alpha value is -1.62. The van der Waals surface area contributed by atoms with Gasteiger partial charge in [-0.25, -0.2) is 4.98 Å². The highest BCUT2D eigenvalue weighted by molar-refractivity contribution is 9.10. The number of halogens is 1. The Kier molecular flexibility index (Phi) is 5.09. The minimum absolute atomic E-state index is 0.318. The van der Waals surface area contributed by atoms with E-state index in [1.54, 1.807) is 0 Å². The highest BCUT2D eigenvalue weighted by Gasteiger charge is 2.20. The summed E-state index contributed by atoms with van der Waals surface area (Å²) in [4.78, 5) is 11.8. The van der Waals surface area contributed by atoms with Crippen molar-refractivity contribution in [1.82, 2.24) is 9.97 Å². The monoisotopic (exact) mass is 388 g/mol. The molecule has 2 heterocycles. The lowest BCUT2D eigenvalue weighted by Crippen LogP contribution is -2.31. The molecule has 4 nitrogen and oxygen atoms in total. The van der Waals surface area contributed by atoms with Crippen LogP contribution in [0.25, 0.3) is 0 Å². The molecule has 0 amide bonds. The van der Waals surface area contributed by atoms with E-state index in [0.29, 0.717) is 12.0 Å². The van der Waals surface area contributed by atoms with Crippen LogP contribution in [-0.4, -0.2) is 22.6 Å². The number of nitrogens with one attached hydrogen (secondary N) is 1. The molecule has 0 spiro atoms. The maximum atomic E-state index is 4.77. The summed E-state index contributed by atoms with van der Waals surface area (Å²) < 4.78 is 1.14. The molecule has 3 rings (SSSR count). The SMILES string of the molecule is CC(C)Nc1nc(C(C)C)cc(N2CCc3ccc(Br)cc3C2)n1. The molecule has 1 aliphatic heterocycles. The van der Waals surface area contributed by atoms with Crippen molar-refractivity contribution in [3.05, 3.63) is 45.6 Å². The molecule has 5 heteroatoms. The third-order valence-electron chi connectivity index (χ3n) is 4.25. The molecule has 0 atom stereocenters. The zero-order valence-corrected chi connectivity index (χ0v) is 16.4. The number of hydrogen-bond donors (Lipinski definition) is 1. The fraction of sp³-hybridized carbons (Fsp3) is 0.474. The minimum atomic E-state index is 0.318. The van der Waals surface area contributed by atoms with Gasteiger partial charge in [-0.2, -0.15) is 4.98 Å². The standard InChI is InChI=1S/C19H25BrN4/c1-12(2)17-10-18(23-19(22-17)21-13(3)4)24-8-7-14-5-6-16(20)9-15(14)11-24/h5-6,9-10,12-13H,7-8,11H2,1-4H3,(H,21,22,23). The van der Waals surface area contributed by atoms with Gasteiger partial charge in [0.2, 0.25) is 5.95 Å². The van der Waals surface area contributed by atoms with Gasteiger partial charge < -0.3 is 10.2 Å². The first-order valence-electron chi connectivity index (χ1n) is 8.60. The maximum absolute atomic E-state index is 4.77. The topological polar surface area (TPSA) is 41.1 Å². The Balaban J connectivity index is 1.92. The van der Waals surface area contributed by atoms with Gasteiger partial charge in [-0.15, -0.1) is 0 Å². The molecule has 0 unspecified atom stereocenters. The summed E-state index contributed by atoms with van der Waals surface area (Å²) in [5.41, 5.74) is 3.90. The zero-order chi connectivity index (χ0) is 17.3. The third kappa shape index (κ3) is 3.89. The summed E-state index contributed by atoms with van der Waals surface area (Å²) >= 11 is 3.58. The summed E-state index contributed by atoms with van der Waals surface area (Å²) in [5, 5.41) is 3.35. The second-order valence-corrected chi connectivity index (χ2v) is 7.93. The van der Waals surface area contributed by atoms with Crippen LogP contribution in [0.5, 0.6) is 0 Å². The fourth-order valence-corrected chi connectivity index (χ4v) is 3.36. The van der Waals surface area contributed by atoms with Crippen molar-refractivity contribution in [1.29, 1.82) is 0 Å². The number of nitrogens with zero attached hydrogens (tertiary/aromatic N) is 3. The van der Waals surface area contributed by atoms with Gasteiger partial charge in [0.05, 0.1) is 5.69 Å². The van der Waals surface area contributed by atoms with Crippen molar-refractivity contribution in [2.45, 2.75) is 52.6 Å². The molecule has 24 heavy (non-hydrogen) atoms. The largest absolute Gasteiger partial charge is 0.352 e. The summed E-state index contributed by atoms with van der Waals surface area (Å²) in [7, 11) is 0. The molecular formula is C19H25BrN4. The summed E-state index contributed by atoms with van der Waals surface area (Å²) in [5.74, 6) is 2.12. The second kappa shape index (κ2) is 7.09. The molecule has 1 aromatic heterocycles. The van der Waals surface area contributed by atoms with Gasteiger partial charge in [0, 0.05) is 29.7 Å². The highest BCUT2D eigenvalue weighted by Crippen LogP contribution is 2.28. The van der Waals surface area contributed by atoms with Crippen LogP contribution in [0.4, 0.5) is 11.8 Å². The van der Waals surface area contributed by atoms with E-state index in [9.17, 15) is 0 Å². The molecule has 128 valence electrons. The number of anilines is 2. The summed E-state index contributed by atoms with van der Waals surface area (Å²) in [6, 6.07) is 9.03. The average Bonchev–Trinajstić information content (AvgIpc) is 2.53. The quantitative estimate of drug-likeness (QED) is 0.820. The first-order chi connectivity index (χ1) is 11.4. The van der Waals surface area contributed by atoms with Crippen LogP contribution in [-0.2, 0) is 13.0 Å². The van der Waals surface area contributed by atoms with E-state index >= 15 is 0 Å². The predicted molar refractivity (Wildman–Crippen MR) is 104 cm³/mol. The molecule has 0 saturated carbocycles. The molecule has 2 aromatic rings. The van der Waals surface area contributed by atoms with E-state index in [-0.39, 0.29) is 0 Å². The van der Waals surface area contributed by atoms with Crippen LogP contribution in [0.3, 0.4) is 0 Å². The Morgan fingerprint density at radius 1 is 1.08 bits per heavy atom. The second-order valence-electron chi connectivity index (χ2n) is 7.01. The van der Waals surface area contributed by atoms with E-state index in [1.165, 1.54) is 11.1 Å². The Labute approximate surface area is 152 Å². The van der Waals surface area contributed by atoms with Crippen molar-refractivity contribution in [3.8, 4) is 0 Å². The van der Waals surface area contributed by atoms with Crippen molar-refractivity contribution >= 4 is 27.7 Å². The van der Waals surface area contributed by atoms with Crippen molar-refractivity contribution in [2.24, 2.45) is 0 Å². The molecular weight excluding hydrogens is 364 g/mol. The molecule has 0 aliphatic carbocycles. The summed E-state index contributed by atoms with van der Waals surface area (Å²) in [6.45, 7) is 10.5. The average molecular weight is 389 g/mol. The van der Waals surface area contributed by atoms with Gasteiger partial charge in [-0.1, -0.05) is 35.8 Å². The van der Waals surface area contributed by atoms with E-state index in [1.807, 2.05) is 0 Å². The van der Waals surface area contributed by atoms with E-state index < -0.39 is 0 Å². The lowest BCUT2D eigenvalue weighted by atomic mass is 10.00. The van der Waals surface area contributed by atoms with E-state index in [2.05, 4.69) is 83.1 Å². The van der Waals surface area contributed by atoms with Gasteiger partial charge in [0.1, 0.15) is 5.82 Å². The van der Waals surface area contributed by atoms with Crippen LogP contribution in [0.1, 0.15) is 50.4 Å². The first kappa shape index (κ1) is 17.2. The third-order valence-corrected chi connectivity index (χ3v) is 4.74. The van der Waals surface area contributed by atoms with Gasteiger partial charge >= 0.3 is 0 Å². The first-order valence-corrected chi connectivity index (χ1v) is 9.39. The fourth-order valence-electron chi connectivity index (χ4n) is 2.95. The molecule has 1 N–H and O–H groups in total. The van der Waals surface area contributed by atoms with Crippen LogP contribution in [0.15, 0.2) is 28.7 Å². The number of aromatic nitrogens is 2. The lowest BCUT2D eigenvalue weighted by molar-refractivity contribution is 0.712. The smallest absolute Gasteiger partial charge is 0.225 e. The van der Waals surface area contributed by atoms with Crippen LogP contribution >= 0.6 is 15.9 Å². The summed E-state index contributed by atoms with van der Waals surface area (Å²) in [6.07, 6.45) is 1.05. The van der Waals surface area contributed by atoms with Crippen molar-refractivity contribution < 1.29 is 0 Å². The van der Waals surface area contributed by atoms with E-state index in [0.717, 1.165) is 41.4 Å². The van der Waals surface area contributed by atoms with Gasteiger partial charge in [-0.05, 0) is 49.4 Å². The normalized spacial score (nSPS) is 14.2. The Bertz CT molecular complexity index is 727. The number of benzene rings is 1. The van der Waals surface area contributed by atoms with Gasteiger partial charge in [0.25, 0.3) is 0 Å². The predicted octanol–water partition coefficient (Wildman–Crippen LogP) is 4.75. The number of hydrogen-bond acceptors (Lipinski definition) is 4. The van der Waals surface area contributed by atoms with Crippen LogP contribution in [0, 0.1) is 0 Å². The molecule has 1 aliphatic rings.